The van der Waals surface area contributed by atoms with Crippen molar-refractivity contribution >= 4 is 0 Å². The van der Waals surface area contributed by atoms with Crippen molar-refractivity contribution in [3.8, 4) is 11.8 Å². The fraction of sp³-hybridized carbons (Fsp3) is 0.467. The molecule has 1 nitrogen and oxygen atoms in total. The van der Waals surface area contributed by atoms with E-state index >= 15 is 0 Å². The first-order chi connectivity index (χ1) is 7.83. The minimum atomic E-state index is 0.860. The number of hydrogen-bond donors (Lipinski definition) is 0. The number of rotatable bonds is 5. The Balaban J connectivity index is 2.25. The summed E-state index contributed by atoms with van der Waals surface area (Å²) >= 11 is 0. The number of hydrogen-bond acceptors (Lipinski definition) is 1. The van der Waals surface area contributed by atoms with Crippen LogP contribution in [-0.4, -0.2) is 18.5 Å². The Kier molecular flexibility index (Phi) is 6.37. The van der Waals surface area contributed by atoms with Crippen molar-refractivity contribution < 1.29 is 0 Å². The Morgan fingerprint density at radius 3 is 2.56 bits per heavy atom. The first-order valence-electron chi connectivity index (χ1n) is 6.01. The Labute approximate surface area is 99.5 Å². The van der Waals surface area contributed by atoms with E-state index in [9.17, 15) is 0 Å². The lowest BCUT2D eigenvalue weighted by atomic mass is 10.2. The van der Waals surface area contributed by atoms with Crippen molar-refractivity contribution in [1.29, 1.82) is 0 Å². The first-order valence-corrected chi connectivity index (χ1v) is 6.01. The van der Waals surface area contributed by atoms with E-state index in [1.165, 1.54) is 18.4 Å². The molecule has 0 amide bonds. The molecule has 0 saturated carbocycles. The van der Waals surface area contributed by atoms with Gasteiger partial charge in [0.2, 0.25) is 0 Å². The molecule has 0 saturated heterocycles. The summed E-state index contributed by atoms with van der Waals surface area (Å²) in [6, 6.07) is 10.5. The van der Waals surface area contributed by atoms with Gasteiger partial charge in [-0.1, -0.05) is 49.6 Å². The third-order valence-corrected chi connectivity index (χ3v) is 2.42. The SMILES string of the molecule is CCCCC#CCN(C)Cc1ccccc1. The smallest absolute Gasteiger partial charge is 0.0601 e. The second-order valence-corrected chi connectivity index (χ2v) is 4.11. The molecule has 86 valence electrons. The average molecular weight is 215 g/mol. The first kappa shape index (κ1) is 12.8. The van der Waals surface area contributed by atoms with Crippen molar-refractivity contribution in [2.24, 2.45) is 0 Å². The summed E-state index contributed by atoms with van der Waals surface area (Å²) in [5.41, 5.74) is 1.35. The monoisotopic (exact) mass is 215 g/mol. The summed E-state index contributed by atoms with van der Waals surface area (Å²) in [6.45, 7) is 4.03. The molecule has 0 radical (unpaired) electrons. The van der Waals surface area contributed by atoms with E-state index in [-0.39, 0.29) is 0 Å². The van der Waals surface area contributed by atoms with Gasteiger partial charge in [0.15, 0.2) is 0 Å². The van der Waals surface area contributed by atoms with Crippen LogP contribution in [0.5, 0.6) is 0 Å². The summed E-state index contributed by atoms with van der Waals surface area (Å²) in [4.78, 5) is 2.24. The number of benzene rings is 1. The molecule has 1 aromatic carbocycles. The van der Waals surface area contributed by atoms with Crippen molar-refractivity contribution in [1.82, 2.24) is 4.90 Å². The fourth-order valence-corrected chi connectivity index (χ4v) is 1.50. The Hall–Kier alpha value is -1.26. The zero-order valence-electron chi connectivity index (χ0n) is 10.4. The second-order valence-electron chi connectivity index (χ2n) is 4.11. The summed E-state index contributed by atoms with van der Waals surface area (Å²) in [7, 11) is 2.11. The van der Waals surface area contributed by atoms with Gasteiger partial charge in [-0.25, -0.2) is 0 Å². The van der Waals surface area contributed by atoms with E-state index in [4.69, 9.17) is 0 Å². The van der Waals surface area contributed by atoms with E-state index in [0.717, 1.165) is 19.5 Å². The molecular formula is C15H21N. The highest BCUT2D eigenvalue weighted by Crippen LogP contribution is 2.01. The van der Waals surface area contributed by atoms with Gasteiger partial charge in [0.1, 0.15) is 0 Å². The maximum Gasteiger partial charge on any atom is 0.0601 e. The molecule has 0 heterocycles. The lowest BCUT2D eigenvalue weighted by molar-refractivity contribution is 0.369. The molecule has 0 aliphatic carbocycles. The van der Waals surface area contributed by atoms with E-state index in [0.29, 0.717) is 0 Å². The van der Waals surface area contributed by atoms with Crippen LogP contribution in [0.3, 0.4) is 0 Å². The fourth-order valence-electron chi connectivity index (χ4n) is 1.50. The van der Waals surface area contributed by atoms with Crippen LogP contribution in [0.2, 0.25) is 0 Å². The molecule has 1 aromatic rings. The quantitative estimate of drug-likeness (QED) is 0.538. The third-order valence-electron chi connectivity index (χ3n) is 2.42. The molecule has 0 aromatic heterocycles. The number of nitrogens with zero attached hydrogens (tertiary/aromatic N) is 1. The Morgan fingerprint density at radius 1 is 1.12 bits per heavy atom. The van der Waals surface area contributed by atoms with Gasteiger partial charge in [-0.15, -0.1) is 5.92 Å². The number of unbranched alkanes of at least 4 members (excludes halogenated alkanes) is 2. The van der Waals surface area contributed by atoms with Crippen molar-refractivity contribution in [2.75, 3.05) is 13.6 Å². The minimum absolute atomic E-state index is 0.860. The van der Waals surface area contributed by atoms with Gasteiger partial charge in [-0.3, -0.25) is 4.90 Å². The molecule has 0 aliphatic rings. The lowest BCUT2D eigenvalue weighted by Gasteiger charge is -2.12. The van der Waals surface area contributed by atoms with E-state index in [1.54, 1.807) is 0 Å². The van der Waals surface area contributed by atoms with Crippen molar-refractivity contribution in [3.63, 3.8) is 0 Å². The van der Waals surface area contributed by atoms with Crippen molar-refractivity contribution in [2.45, 2.75) is 32.7 Å². The predicted molar refractivity (Wildman–Crippen MR) is 70.1 cm³/mol. The topological polar surface area (TPSA) is 3.24 Å². The highest BCUT2D eigenvalue weighted by Gasteiger charge is 1.96. The van der Waals surface area contributed by atoms with Gasteiger partial charge < -0.3 is 0 Å². The van der Waals surface area contributed by atoms with Crippen LogP contribution in [-0.2, 0) is 6.54 Å². The highest BCUT2D eigenvalue weighted by molar-refractivity contribution is 5.14. The van der Waals surface area contributed by atoms with Gasteiger partial charge in [-0.2, -0.15) is 0 Å². The van der Waals surface area contributed by atoms with Crippen LogP contribution in [0, 0.1) is 11.8 Å². The zero-order valence-corrected chi connectivity index (χ0v) is 10.4. The standard InChI is InChI=1S/C15H21N/c1-3-4-5-6-10-13-16(2)14-15-11-8-7-9-12-15/h7-9,11-12H,3-5,13-14H2,1-2H3. The Bertz CT molecular complexity index is 331. The van der Waals surface area contributed by atoms with Crippen LogP contribution in [0.25, 0.3) is 0 Å². The molecule has 1 rings (SSSR count). The zero-order chi connectivity index (χ0) is 11.6. The molecule has 1 heteroatoms. The normalized spacial score (nSPS) is 9.94. The highest BCUT2D eigenvalue weighted by atomic mass is 15.1. The van der Waals surface area contributed by atoms with Gasteiger partial charge in [0, 0.05) is 13.0 Å². The Morgan fingerprint density at radius 2 is 1.88 bits per heavy atom. The van der Waals surface area contributed by atoms with Crippen LogP contribution in [0.1, 0.15) is 31.7 Å². The molecule has 0 spiro atoms. The van der Waals surface area contributed by atoms with Crippen LogP contribution in [0.15, 0.2) is 30.3 Å². The molecule has 0 atom stereocenters. The van der Waals surface area contributed by atoms with Gasteiger partial charge >= 0.3 is 0 Å². The average Bonchev–Trinajstić information content (AvgIpc) is 2.30. The summed E-state index contributed by atoms with van der Waals surface area (Å²) in [5, 5.41) is 0. The molecule has 0 unspecified atom stereocenters. The van der Waals surface area contributed by atoms with Gasteiger partial charge in [0.25, 0.3) is 0 Å². The molecule has 16 heavy (non-hydrogen) atoms. The largest absolute Gasteiger partial charge is 0.291 e. The molecule has 0 fully saturated rings. The molecule has 0 aliphatic heterocycles. The third kappa shape index (κ3) is 5.58. The van der Waals surface area contributed by atoms with E-state index < -0.39 is 0 Å². The van der Waals surface area contributed by atoms with Gasteiger partial charge in [0.05, 0.1) is 6.54 Å². The summed E-state index contributed by atoms with van der Waals surface area (Å²) < 4.78 is 0. The molecule has 0 N–H and O–H groups in total. The second kappa shape index (κ2) is 7.96. The van der Waals surface area contributed by atoms with Gasteiger partial charge in [-0.05, 0) is 19.0 Å². The summed E-state index contributed by atoms with van der Waals surface area (Å²) in [5.74, 6) is 6.43. The van der Waals surface area contributed by atoms with Crippen LogP contribution >= 0.6 is 0 Å². The lowest BCUT2D eigenvalue weighted by Crippen LogP contribution is -2.17. The van der Waals surface area contributed by atoms with Crippen molar-refractivity contribution in [3.05, 3.63) is 35.9 Å². The molecule has 0 bridgehead atoms. The maximum absolute atomic E-state index is 3.22. The minimum Gasteiger partial charge on any atom is -0.291 e. The van der Waals surface area contributed by atoms with Crippen LogP contribution in [0.4, 0.5) is 0 Å². The molecular weight excluding hydrogens is 194 g/mol. The summed E-state index contributed by atoms with van der Waals surface area (Å²) in [6.07, 6.45) is 3.49. The van der Waals surface area contributed by atoms with Crippen LogP contribution < -0.4 is 0 Å². The van der Waals surface area contributed by atoms with E-state index in [2.05, 4.69) is 55.0 Å². The predicted octanol–water partition coefficient (Wildman–Crippen LogP) is 3.31. The van der Waals surface area contributed by atoms with E-state index in [1.807, 2.05) is 6.07 Å². The maximum atomic E-state index is 3.22.